The summed E-state index contributed by atoms with van der Waals surface area (Å²) >= 11 is 0. The lowest BCUT2D eigenvalue weighted by molar-refractivity contribution is -0.137. The fourth-order valence-electron chi connectivity index (χ4n) is 2.23. The van der Waals surface area contributed by atoms with Crippen LogP contribution in [-0.4, -0.2) is 11.1 Å². The first-order valence-corrected chi connectivity index (χ1v) is 6.04. The second kappa shape index (κ2) is 5.68. The van der Waals surface area contributed by atoms with Gasteiger partial charge in [-0.3, -0.25) is 4.79 Å². The molecule has 0 aliphatic rings. The minimum absolute atomic E-state index is 0.0949. The topological polar surface area (TPSA) is 61.1 Å². The molecule has 0 aliphatic heterocycles. The third-order valence-electron chi connectivity index (χ3n) is 3.58. The highest BCUT2D eigenvalue weighted by molar-refractivity contribution is 5.67. The van der Waals surface area contributed by atoms with E-state index in [1.54, 1.807) is 0 Å². The summed E-state index contributed by atoms with van der Waals surface area (Å²) in [6, 6.07) is 4.23. The first-order valence-electron chi connectivity index (χ1n) is 6.04. The van der Waals surface area contributed by atoms with Crippen LogP contribution in [-0.2, 0) is 11.2 Å². The van der Waals surface area contributed by atoms with Gasteiger partial charge in [0.05, 0.1) is 18.4 Å². The zero-order valence-corrected chi connectivity index (χ0v) is 11.4. The van der Waals surface area contributed by atoms with E-state index in [0.717, 1.165) is 5.56 Å². The van der Waals surface area contributed by atoms with Crippen molar-refractivity contribution >= 4 is 5.97 Å². The Hall–Kier alpha value is -1.82. The van der Waals surface area contributed by atoms with Crippen LogP contribution in [0.4, 0.5) is 0 Å². The number of carboxylic acid groups (broad SMARTS) is 1. The van der Waals surface area contributed by atoms with E-state index in [0.29, 0.717) is 6.42 Å². The Morgan fingerprint density at radius 3 is 2.17 bits per heavy atom. The predicted molar refractivity (Wildman–Crippen MR) is 70.4 cm³/mol. The molecule has 1 aromatic rings. The van der Waals surface area contributed by atoms with Crippen molar-refractivity contribution in [3.05, 3.63) is 33.9 Å². The smallest absolute Gasteiger partial charge is 0.304 e. The molecule has 1 atom stereocenters. The van der Waals surface area contributed by atoms with Crippen LogP contribution in [0.3, 0.4) is 0 Å². The molecule has 0 heterocycles. The Kier molecular flexibility index (Phi) is 4.49. The van der Waals surface area contributed by atoms with Crippen LogP contribution in [0.15, 0.2) is 6.07 Å². The van der Waals surface area contributed by atoms with Gasteiger partial charge in [-0.1, -0.05) is 6.07 Å². The van der Waals surface area contributed by atoms with Crippen LogP contribution >= 0.6 is 0 Å². The van der Waals surface area contributed by atoms with Gasteiger partial charge in [-0.25, -0.2) is 0 Å². The number of aryl methyl sites for hydroxylation is 2. The molecular weight excluding hydrogens is 226 g/mol. The summed E-state index contributed by atoms with van der Waals surface area (Å²) in [5, 5.41) is 17.8. The molecular formula is C15H19NO2. The molecule has 0 bridgehead atoms. The maximum atomic E-state index is 10.7. The number of benzene rings is 1. The van der Waals surface area contributed by atoms with Crippen molar-refractivity contribution in [2.45, 2.75) is 40.5 Å². The Bertz CT molecular complexity index is 486. The molecule has 0 amide bonds. The highest BCUT2D eigenvalue weighted by Gasteiger charge is 2.17. The molecule has 3 nitrogen and oxygen atoms in total. The van der Waals surface area contributed by atoms with E-state index in [9.17, 15) is 4.79 Å². The van der Waals surface area contributed by atoms with Gasteiger partial charge in [0.15, 0.2) is 0 Å². The molecule has 0 aromatic heterocycles. The molecule has 0 radical (unpaired) electrons. The standard InChI is InChI=1S/C15H19NO2/c1-9-5-10(2)12(4)14(11(9)3)6-13(8-16)7-15(17)18/h5,13H,6-7H2,1-4H3,(H,17,18). The van der Waals surface area contributed by atoms with Gasteiger partial charge in [0.1, 0.15) is 0 Å². The fraction of sp³-hybridized carbons (Fsp3) is 0.467. The number of nitriles is 1. The second-order valence-electron chi connectivity index (χ2n) is 4.87. The molecule has 0 saturated carbocycles. The van der Waals surface area contributed by atoms with E-state index in [1.807, 2.05) is 27.7 Å². The summed E-state index contributed by atoms with van der Waals surface area (Å²) in [4.78, 5) is 10.7. The van der Waals surface area contributed by atoms with Crippen molar-refractivity contribution in [3.63, 3.8) is 0 Å². The lowest BCUT2D eigenvalue weighted by Gasteiger charge is -2.17. The number of carboxylic acids is 1. The van der Waals surface area contributed by atoms with Gasteiger partial charge in [0.25, 0.3) is 0 Å². The number of rotatable bonds is 4. The van der Waals surface area contributed by atoms with Gasteiger partial charge in [0, 0.05) is 0 Å². The number of carbonyl (C=O) groups is 1. The highest BCUT2D eigenvalue weighted by Crippen LogP contribution is 2.25. The third-order valence-corrected chi connectivity index (χ3v) is 3.58. The highest BCUT2D eigenvalue weighted by atomic mass is 16.4. The average Bonchev–Trinajstić information content (AvgIpc) is 2.30. The van der Waals surface area contributed by atoms with E-state index in [2.05, 4.69) is 12.1 Å². The van der Waals surface area contributed by atoms with Crippen molar-refractivity contribution in [2.75, 3.05) is 0 Å². The quantitative estimate of drug-likeness (QED) is 0.886. The minimum atomic E-state index is -0.916. The van der Waals surface area contributed by atoms with Crippen molar-refractivity contribution in [1.29, 1.82) is 5.26 Å². The van der Waals surface area contributed by atoms with Gasteiger partial charge >= 0.3 is 5.97 Å². The van der Waals surface area contributed by atoms with Gasteiger partial charge in [0.2, 0.25) is 0 Å². The van der Waals surface area contributed by atoms with E-state index < -0.39 is 11.9 Å². The largest absolute Gasteiger partial charge is 0.481 e. The predicted octanol–water partition coefficient (Wildman–Crippen LogP) is 3.08. The number of nitrogens with zero attached hydrogens (tertiary/aromatic N) is 1. The van der Waals surface area contributed by atoms with E-state index in [-0.39, 0.29) is 6.42 Å². The third kappa shape index (κ3) is 3.10. The van der Waals surface area contributed by atoms with Crippen LogP contribution in [0.25, 0.3) is 0 Å². The van der Waals surface area contributed by atoms with E-state index >= 15 is 0 Å². The summed E-state index contributed by atoms with van der Waals surface area (Å²) in [5.74, 6) is -1.37. The Morgan fingerprint density at radius 2 is 1.78 bits per heavy atom. The molecule has 3 heteroatoms. The summed E-state index contributed by atoms with van der Waals surface area (Å²) in [7, 11) is 0. The molecule has 96 valence electrons. The maximum absolute atomic E-state index is 10.7. The van der Waals surface area contributed by atoms with Crippen molar-refractivity contribution in [3.8, 4) is 6.07 Å². The molecule has 0 fully saturated rings. The number of hydrogen-bond donors (Lipinski definition) is 1. The van der Waals surface area contributed by atoms with Crippen LogP contribution in [0, 0.1) is 44.9 Å². The van der Waals surface area contributed by atoms with E-state index in [4.69, 9.17) is 10.4 Å². The second-order valence-corrected chi connectivity index (χ2v) is 4.87. The van der Waals surface area contributed by atoms with Gasteiger partial charge in [-0.2, -0.15) is 5.26 Å². The zero-order chi connectivity index (χ0) is 13.9. The molecule has 0 spiro atoms. The summed E-state index contributed by atoms with van der Waals surface area (Å²) in [6.45, 7) is 8.16. The van der Waals surface area contributed by atoms with E-state index in [1.165, 1.54) is 22.3 Å². The first kappa shape index (κ1) is 14.2. The van der Waals surface area contributed by atoms with Crippen molar-refractivity contribution < 1.29 is 9.90 Å². The Balaban J connectivity index is 3.10. The lowest BCUT2D eigenvalue weighted by atomic mass is 9.87. The monoisotopic (exact) mass is 245 g/mol. The summed E-state index contributed by atoms with van der Waals surface area (Å²) in [6.07, 6.45) is 0.422. The molecule has 1 N–H and O–H groups in total. The fourth-order valence-corrected chi connectivity index (χ4v) is 2.23. The van der Waals surface area contributed by atoms with Gasteiger partial charge in [-0.15, -0.1) is 0 Å². The normalized spacial score (nSPS) is 11.9. The maximum Gasteiger partial charge on any atom is 0.304 e. The van der Waals surface area contributed by atoms with Gasteiger partial charge < -0.3 is 5.11 Å². The van der Waals surface area contributed by atoms with Crippen LogP contribution in [0.1, 0.15) is 34.2 Å². The first-order chi connectivity index (χ1) is 8.36. The molecule has 1 aromatic carbocycles. The summed E-state index contributed by atoms with van der Waals surface area (Å²) in [5.41, 5.74) is 5.85. The molecule has 0 aliphatic carbocycles. The molecule has 1 unspecified atom stereocenters. The number of aliphatic carboxylic acids is 1. The van der Waals surface area contributed by atoms with Gasteiger partial charge in [-0.05, 0) is 61.9 Å². The molecule has 1 rings (SSSR count). The van der Waals surface area contributed by atoms with Crippen LogP contribution < -0.4 is 0 Å². The number of hydrogen-bond acceptors (Lipinski definition) is 2. The summed E-state index contributed by atoms with van der Waals surface area (Å²) < 4.78 is 0. The van der Waals surface area contributed by atoms with Crippen molar-refractivity contribution in [1.82, 2.24) is 0 Å². The molecule has 18 heavy (non-hydrogen) atoms. The Labute approximate surface area is 108 Å². The SMILES string of the molecule is Cc1cc(C)c(C)c(CC(C#N)CC(=O)O)c1C. The van der Waals surface area contributed by atoms with Crippen LogP contribution in [0.2, 0.25) is 0 Å². The van der Waals surface area contributed by atoms with Crippen molar-refractivity contribution in [2.24, 2.45) is 5.92 Å². The Morgan fingerprint density at radius 1 is 1.28 bits per heavy atom. The average molecular weight is 245 g/mol. The zero-order valence-electron chi connectivity index (χ0n) is 11.4. The van der Waals surface area contributed by atoms with Crippen LogP contribution in [0.5, 0.6) is 0 Å². The molecule has 0 saturated heterocycles. The lowest BCUT2D eigenvalue weighted by Crippen LogP contribution is -2.11. The minimum Gasteiger partial charge on any atom is -0.481 e.